The molecule has 2 aromatic rings. The minimum absolute atomic E-state index is 0. The van der Waals surface area contributed by atoms with Gasteiger partial charge in [0.1, 0.15) is 5.75 Å². The summed E-state index contributed by atoms with van der Waals surface area (Å²) in [7, 11) is 0. The number of ether oxygens (including phenoxy) is 3. The van der Waals surface area contributed by atoms with Crippen LogP contribution in [0.4, 0.5) is 5.69 Å². The predicted octanol–water partition coefficient (Wildman–Crippen LogP) is 4.32. The molecule has 0 saturated heterocycles. The van der Waals surface area contributed by atoms with Gasteiger partial charge < -0.3 is 25.3 Å². The van der Waals surface area contributed by atoms with E-state index >= 15 is 0 Å². The molecule has 1 aliphatic carbocycles. The molecule has 0 aromatic heterocycles. The van der Waals surface area contributed by atoms with E-state index in [9.17, 15) is 0 Å². The summed E-state index contributed by atoms with van der Waals surface area (Å²) < 4.78 is 17.4. The van der Waals surface area contributed by atoms with E-state index in [0.29, 0.717) is 31.8 Å². The van der Waals surface area contributed by atoms with E-state index in [4.69, 9.17) is 19.9 Å². The summed E-state index contributed by atoms with van der Waals surface area (Å²) in [4.78, 5) is 4.46. The highest BCUT2D eigenvalue weighted by atomic mass is 127. The largest absolute Gasteiger partial charge is 0.490 e. The van der Waals surface area contributed by atoms with Crippen molar-refractivity contribution in [2.75, 3.05) is 18.5 Å². The van der Waals surface area contributed by atoms with E-state index in [0.717, 1.165) is 47.8 Å². The lowest BCUT2D eigenvalue weighted by Crippen LogP contribution is -2.25. The molecular weight excluding hydrogens is 469 g/mol. The smallest absolute Gasteiger partial charge is 0.193 e. The zero-order valence-electron chi connectivity index (χ0n) is 15.7. The van der Waals surface area contributed by atoms with Gasteiger partial charge in [0, 0.05) is 23.7 Å². The maximum Gasteiger partial charge on any atom is 0.193 e. The Balaban J connectivity index is 0.00000225. The molecule has 0 atom stereocenters. The van der Waals surface area contributed by atoms with Crippen LogP contribution in [0.3, 0.4) is 0 Å². The van der Waals surface area contributed by atoms with Gasteiger partial charge in [-0.15, -0.1) is 24.0 Å². The van der Waals surface area contributed by atoms with Crippen molar-refractivity contribution in [3.05, 3.63) is 48.0 Å². The molecule has 0 spiro atoms. The molecule has 7 heteroatoms. The highest BCUT2D eigenvalue weighted by Crippen LogP contribution is 2.32. The van der Waals surface area contributed by atoms with Crippen LogP contribution in [0.15, 0.2) is 47.5 Å². The summed E-state index contributed by atoms with van der Waals surface area (Å²) in [5.74, 6) is 2.73. The average molecular weight is 495 g/mol. The van der Waals surface area contributed by atoms with Crippen LogP contribution in [-0.4, -0.2) is 25.3 Å². The molecule has 0 amide bonds. The molecule has 6 nitrogen and oxygen atoms in total. The number of rotatable bonds is 5. The number of nitrogens with zero attached hydrogens (tertiary/aromatic N) is 1. The lowest BCUT2D eigenvalue weighted by molar-refractivity contribution is 0.119. The van der Waals surface area contributed by atoms with Gasteiger partial charge in [0.2, 0.25) is 0 Å². The minimum Gasteiger partial charge on any atom is -0.490 e. The van der Waals surface area contributed by atoms with E-state index < -0.39 is 0 Å². The predicted molar refractivity (Wildman–Crippen MR) is 121 cm³/mol. The zero-order valence-corrected chi connectivity index (χ0v) is 18.1. The van der Waals surface area contributed by atoms with Crippen molar-refractivity contribution in [3.8, 4) is 17.2 Å². The van der Waals surface area contributed by atoms with Crippen molar-refractivity contribution < 1.29 is 14.2 Å². The standard InChI is InChI=1S/C21H25N3O3.HI/c22-21(24-16-9-10-19-20(13-16)26-12-4-11-25-19)23-14-15-5-1-2-8-18(15)27-17-6-3-7-17;/h1-2,5,8-10,13,17H,3-4,6-7,11-12,14H2,(H3,22,23,24);1H. The zero-order chi connectivity index (χ0) is 18.5. The van der Waals surface area contributed by atoms with Gasteiger partial charge >= 0.3 is 0 Å². The summed E-state index contributed by atoms with van der Waals surface area (Å²) in [5, 5.41) is 3.12. The monoisotopic (exact) mass is 495 g/mol. The number of hydrogen-bond acceptors (Lipinski definition) is 4. The first-order chi connectivity index (χ1) is 13.3. The van der Waals surface area contributed by atoms with Gasteiger partial charge in [0.05, 0.1) is 25.9 Å². The Bertz CT molecular complexity index is 824. The molecule has 1 saturated carbocycles. The SMILES string of the molecule is I.NC(=NCc1ccccc1OC1CCC1)Nc1ccc2c(c1)OCCCO2. The van der Waals surface area contributed by atoms with Crippen molar-refractivity contribution in [1.29, 1.82) is 0 Å². The van der Waals surface area contributed by atoms with Crippen LogP contribution in [0, 0.1) is 0 Å². The van der Waals surface area contributed by atoms with Crippen LogP contribution in [0.5, 0.6) is 17.2 Å². The molecule has 4 rings (SSSR count). The molecule has 1 aliphatic heterocycles. The van der Waals surface area contributed by atoms with Crippen molar-refractivity contribution in [2.24, 2.45) is 10.7 Å². The third-order valence-electron chi connectivity index (χ3n) is 4.76. The van der Waals surface area contributed by atoms with Gasteiger partial charge in [0.15, 0.2) is 17.5 Å². The fraction of sp³-hybridized carbons (Fsp3) is 0.381. The maximum absolute atomic E-state index is 6.08. The van der Waals surface area contributed by atoms with Gasteiger partial charge in [0.25, 0.3) is 0 Å². The Morgan fingerprint density at radius 3 is 2.64 bits per heavy atom. The Morgan fingerprint density at radius 1 is 1.07 bits per heavy atom. The third-order valence-corrected chi connectivity index (χ3v) is 4.76. The molecule has 1 heterocycles. The van der Waals surface area contributed by atoms with Gasteiger partial charge in [-0.3, -0.25) is 0 Å². The second kappa shape index (κ2) is 9.86. The first-order valence-electron chi connectivity index (χ1n) is 9.49. The van der Waals surface area contributed by atoms with E-state index in [1.807, 2.05) is 42.5 Å². The van der Waals surface area contributed by atoms with E-state index in [-0.39, 0.29) is 24.0 Å². The van der Waals surface area contributed by atoms with Crippen molar-refractivity contribution >= 4 is 35.6 Å². The number of nitrogens with two attached hydrogens (primary N) is 1. The molecule has 0 bridgehead atoms. The third kappa shape index (κ3) is 5.21. The second-order valence-electron chi connectivity index (χ2n) is 6.82. The average Bonchev–Trinajstić information content (AvgIpc) is 2.89. The maximum atomic E-state index is 6.08. The topological polar surface area (TPSA) is 78.1 Å². The van der Waals surface area contributed by atoms with Gasteiger partial charge in [-0.2, -0.15) is 0 Å². The number of benzene rings is 2. The number of fused-ring (bicyclic) bond motifs is 1. The fourth-order valence-corrected chi connectivity index (χ4v) is 3.02. The molecule has 0 radical (unpaired) electrons. The van der Waals surface area contributed by atoms with Gasteiger partial charge in [-0.1, -0.05) is 18.2 Å². The van der Waals surface area contributed by atoms with Crippen LogP contribution in [0.25, 0.3) is 0 Å². The molecule has 0 unspecified atom stereocenters. The number of nitrogens with one attached hydrogen (secondary N) is 1. The molecule has 1 fully saturated rings. The summed E-state index contributed by atoms with van der Waals surface area (Å²) in [6.45, 7) is 1.79. The van der Waals surface area contributed by atoms with Crippen LogP contribution in [0.1, 0.15) is 31.2 Å². The molecule has 2 aliphatic rings. The van der Waals surface area contributed by atoms with E-state index in [2.05, 4.69) is 10.3 Å². The van der Waals surface area contributed by atoms with Crippen LogP contribution < -0.4 is 25.3 Å². The number of halogens is 1. The first-order valence-corrected chi connectivity index (χ1v) is 9.49. The summed E-state index contributed by atoms with van der Waals surface area (Å²) in [6.07, 6.45) is 4.73. The lowest BCUT2D eigenvalue weighted by Gasteiger charge is -2.27. The molecule has 150 valence electrons. The number of aliphatic imine (C=N–C) groups is 1. The Kier molecular flexibility index (Phi) is 7.24. The number of hydrogen-bond donors (Lipinski definition) is 2. The number of guanidine groups is 1. The molecule has 28 heavy (non-hydrogen) atoms. The van der Waals surface area contributed by atoms with Crippen LogP contribution in [-0.2, 0) is 6.54 Å². The lowest BCUT2D eigenvalue weighted by atomic mass is 9.96. The Labute approximate surface area is 182 Å². The van der Waals surface area contributed by atoms with Gasteiger partial charge in [-0.25, -0.2) is 4.99 Å². The summed E-state index contributed by atoms with van der Waals surface area (Å²) in [5.41, 5.74) is 7.93. The summed E-state index contributed by atoms with van der Waals surface area (Å²) >= 11 is 0. The normalized spacial score (nSPS) is 16.4. The van der Waals surface area contributed by atoms with Crippen molar-refractivity contribution in [3.63, 3.8) is 0 Å². The summed E-state index contributed by atoms with van der Waals surface area (Å²) in [6, 6.07) is 13.7. The molecule has 3 N–H and O–H groups in total. The highest BCUT2D eigenvalue weighted by molar-refractivity contribution is 14.0. The quantitative estimate of drug-likeness (QED) is 0.367. The van der Waals surface area contributed by atoms with Crippen LogP contribution >= 0.6 is 24.0 Å². The van der Waals surface area contributed by atoms with Gasteiger partial charge in [-0.05, 0) is 37.5 Å². The number of anilines is 1. The minimum atomic E-state index is 0. The molecular formula is C21H26IN3O3. The number of para-hydroxylation sites is 1. The first kappa shape index (κ1) is 20.6. The Morgan fingerprint density at radius 2 is 1.86 bits per heavy atom. The van der Waals surface area contributed by atoms with E-state index in [1.165, 1.54) is 6.42 Å². The van der Waals surface area contributed by atoms with Crippen molar-refractivity contribution in [1.82, 2.24) is 0 Å². The fourth-order valence-electron chi connectivity index (χ4n) is 3.02. The highest BCUT2D eigenvalue weighted by Gasteiger charge is 2.20. The van der Waals surface area contributed by atoms with Crippen LogP contribution in [0.2, 0.25) is 0 Å². The Hall–Kier alpha value is -2.16. The van der Waals surface area contributed by atoms with Crippen molar-refractivity contribution in [2.45, 2.75) is 38.3 Å². The van der Waals surface area contributed by atoms with E-state index in [1.54, 1.807) is 0 Å². The second-order valence-corrected chi connectivity index (χ2v) is 6.82. The molecule has 2 aromatic carbocycles.